The number of aryl methyl sites for hydroxylation is 1. The first kappa shape index (κ1) is 17.3. The molecular weight excluding hydrogens is 346 g/mol. The fourth-order valence-corrected chi connectivity index (χ4v) is 3.76. The topological polar surface area (TPSA) is 103 Å². The normalized spacial score (nSPS) is 17.7. The summed E-state index contributed by atoms with van der Waals surface area (Å²) < 4.78 is 6.82. The summed E-state index contributed by atoms with van der Waals surface area (Å²) in [6, 6.07) is 5.26. The first-order valence-corrected chi connectivity index (χ1v) is 8.73. The van der Waals surface area contributed by atoms with Crippen molar-refractivity contribution < 1.29 is 24.5 Å². The third-order valence-electron chi connectivity index (χ3n) is 4.18. The average molecular weight is 365 g/mol. The minimum atomic E-state index is -1.03. The molecule has 2 heterocycles. The van der Waals surface area contributed by atoms with Crippen molar-refractivity contribution in [1.82, 2.24) is 14.8 Å². The Kier molecular flexibility index (Phi) is 4.93. The lowest BCUT2D eigenvalue weighted by atomic mass is 10.1. The van der Waals surface area contributed by atoms with E-state index >= 15 is 0 Å². The van der Waals surface area contributed by atoms with E-state index < -0.39 is 18.2 Å². The second kappa shape index (κ2) is 7.14. The van der Waals surface area contributed by atoms with Crippen LogP contribution in [0.1, 0.15) is 11.4 Å². The molecule has 0 bridgehead atoms. The number of hydrogen-bond donors (Lipinski definition) is 2. The molecule has 134 valence electrons. The maximum Gasteiger partial charge on any atom is 0.407 e. The summed E-state index contributed by atoms with van der Waals surface area (Å²) in [5.41, 5.74) is 0.877. The number of carboxylic acid groups (broad SMARTS) is 2. The number of fused-ring (bicyclic) bond motifs is 1. The molecule has 0 saturated carbocycles. The van der Waals surface area contributed by atoms with E-state index in [4.69, 9.17) is 9.84 Å². The van der Waals surface area contributed by atoms with Crippen LogP contribution in [-0.4, -0.2) is 69.5 Å². The van der Waals surface area contributed by atoms with Gasteiger partial charge in [-0.15, -0.1) is 11.3 Å². The van der Waals surface area contributed by atoms with Crippen molar-refractivity contribution in [3.63, 3.8) is 0 Å². The van der Waals surface area contributed by atoms with Gasteiger partial charge in [-0.25, -0.2) is 14.6 Å². The molecule has 0 radical (unpaired) electrons. The van der Waals surface area contributed by atoms with Crippen LogP contribution in [-0.2, 0) is 0 Å². The summed E-state index contributed by atoms with van der Waals surface area (Å²) in [4.78, 5) is 29.4. The molecule has 1 aliphatic rings. The van der Waals surface area contributed by atoms with Crippen LogP contribution < -0.4 is 4.74 Å². The SMILES string of the molecule is Cc1nc2cc(OCC[C@@H]3CN(C(=O)O)CCN3C(=O)O)ccc2s1. The van der Waals surface area contributed by atoms with Gasteiger partial charge < -0.3 is 24.7 Å². The van der Waals surface area contributed by atoms with Gasteiger partial charge in [-0.05, 0) is 19.1 Å². The van der Waals surface area contributed by atoms with E-state index in [1.807, 2.05) is 25.1 Å². The Morgan fingerprint density at radius 1 is 1.32 bits per heavy atom. The molecule has 25 heavy (non-hydrogen) atoms. The number of thiazole rings is 1. The molecule has 2 aromatic rings. The summed E-state index contributed by atoms with van der Waals surface area (Å²) in [6.45, 7) is 2.78. The van der Waals surface area contributed by atoms with E-state index in [1.54, 1.807) is 11.3 Å². The second-order valence-corrected chi connectivity index (χ2v) is 7.09. The van der Waals surface area contributed by atoms with Crippen molar-refractivity contribution in [3.8, 4) is 5.75 Å². The minimum Gasteiger partial charge on any atom is -0.493 e. The monoisotopic (exact) mass is 365 g/mol. The summed E-state index contributed by atoms with van der Waals surface area (Å²) in [7, 11) is 0. The lowest BCUT2D eigenvalue weighted by Crippen LogP contribution is -2.56. The highest BCUT2D eigenvalue weighted by molar-refractivity contribution is 7.18. The highest BCUT2D eigenvalue weighted by Crippen LogP contribution is 2.25. The summed E-state index contributed by atoms with van der Waals surface area (Å²) in [6.07, 6.45) is -1.64. The van der Waals surface area contributed by atoms with Gasteiger partial charge in [-0.1, -0.05) is 0 Å². The van der Waals surface area contributed by atoms with E-state index in [9.17, 15) is 14.7 Å². The zero-order valence-electron chi connectivity index (χ0n) is 13.7. The molecule has 2 amide bonds. The molecule has 9 heteroatoms. The van der Waals surface area contributed by atoms with Crippen molar-refractivity contribution in [2.24, 2.45) is 0 Å². The summed E-state index contributed by atoms with van der Waals surface area (Å²) >= 11 is 1.61. The van der Waals surface area contributed by atoms with E-state index in [-0.39, 0.29) is 19.6 Å². The van der Waals surface area contributed by atoms with Crippen LogP contribution in [0.2, 0.25) is 0 Å². The average Bonchev–Trinajstić information content (AvgIpc) is 2.93. The standard InChI is InChI=1S/C16H19N3O5S/c1-10-17-13-8-12(2-3-14(13)25-10)24-7-4-11-9-18(15(20)21)5-6-19(11)16(22)23/h2-3,8,11H,4-7,9H2,1H3,(H,20,21)(H,22,23)/t11-/m1/s1. The van der Waals surface area contributed by atoms with Gasteiger partial charge in [0.05, 0.1) is 27.9 Å². The number of nitrogens with zero attached hydrogens (tertiary/aromatic N) is 3. The highest BCUT2D eigenvalue weighted by atomic mass is 32.1. The number of aromatic nitrogens is 1. The van der Waals surface area contributed by atoms with Crippen LogP contribution >= 0.6 is 11.3 Å². The van der Waals surface area contributed by atoms with Crippen LogP contribution in [0, 0.1) is 6.92 Å². The van der Waals surface area contributed by atoms with Crippen LogP contribution in [0.4, 0.5) is 9.59 Å². The first-order chi connectivity index (χ1) is 11.9. The summed E-state index contributed by atoms with van der Waals surface area (Å²) in [5.74, 6) is 0.672. The molecule has 1 atom stereocenters. The third kappa shape index (κ3) is 3.93. The van der Waals surface area contributed by atoms with Crippen LogP contribution in [0.3, 0.4) is 0 Å². The molecule has 0 spiro atoms. The van der Waals surface area contributed by atoms with Crippen molar-refractivity contribution in [2.75, 3.05) is 26.2 Å². The zero-order valence-corrected chi connectivity index (χ0v) is 14.5. The molecule has 1 saturated heterocycles. The smallest absolute Gasteiger partial charge is 0.407 e. The van der Waals surface area contributed by atoms with Crippen molar-refractivity contribution in [3.05, 3.63) is 23.2 Å². The largest absolute Gasteiger partial charge is 0.493 e. The zero-order chi connectivity index (χ0) is 18.0. The third-order valence-corrected chi connectivity index (χ3v) is 5.14. The van der Waals surface area contributed by atoms with Crippen LogP contribution in [0.15, 0.2) is 18.2 Å². The molecule has 8 nitrogen and oxygen atoms in total. The predicted molar refractivity (Wildman–Crippen MR) is 92.6 cm³/mol. The van der Waals surface area contributed by atoms with Gasteiger partial charge in [0.2, 0.25) is 0 Å². The van der Waals surface area contributed by atoms with Gasteiger partial charge in [0.15, 0.2) is 0 Å². The van der Waals surface area contributed by atoms with Crippen molar-refractivity contribution >= 4 is 33.7 Å². The van der Waals surface area contributed by atoms with Crippen molar-refractivity contribution in [2.45, 2.75) is 19.4 Å². The summed E-state index contributed by atoms with van der Waals surface area (Å²) in [5, 5.41) is 19.4. The Hall–Kier alpha value is -2.55. The minimum absolute atomic E-state index is 0.162. The van der Waals surface area contributed by atoms with Gasteiger partial charge in [0.25, 0.3) is 0 Å². The molecule has 1 fully saturated rings. The maximum atomic E-state index is 11.3. The van der Waals surface area contributed by atoms with E-state index in [1.165, 1.54) is 9.80 Å². The Morgan fingerprint density at radius 3 is 2.84 bits per heavy atom. The Bertz CT molecular complexity index is 793. The van der Waals surface area contributed by atoms with Gasteiger partial charge in [0.1, 0.15) is 5.75 Å². The lowest BCUT2D eigenvalue weighted by molar-refractivity contribution is 0.0562. The molecule has 1 aromatic carbocycles. The Morgan fingerprint density at radius 2 is 2.12 bits per heavy atom. The maximum absolute atomic E-state index is 11.3. The van der Waals surface area contributed by atoms with Gasteiger partial charge in [-0.2, -0.15) is 0 Å². The molecule has 1 aromatic heterocycles. The second-order valence-electron chi connectivity index (χ2n) is 5.86. The quantitative estimate of drug-likeness (QED) is 0.863. The number of hydrogen-bond acceptors (Lipinski definition) is 5. The van der Waals surface area contributed by atoms with Crippen LogP contribution in [0.25, 0.3) is 10.2 Å². The fraction of sp³-hybridized carbons (Fsp3) is 0.438. The molecular formula is C16H19N3O5S. The Balaban J connectivity index is 1.61. The first-order valence-electron chi connectivity index (χ1n) is 7.91. The molecule has 0 aliphatic carbocycles. The number of piperazine rings is 1. The van der Waals surface area contributed by atoms with E-state index in [2.05, 4.69) is 4.98 Å². The number of amides is 2. The fourth-order valence-electron chi connectivity index (χ4n) is 2.95. The number of ether oxygens (including phenoxy) is 1. The van der Waals surface area contributed by atoms with Gasteiger partial charge in [0, 0.05) is 32.1 Å². The molecule has 1 aliphatic heterocycles. The van der Waals surface area contributed by atoms with E-state index in [0.717, 1.165) is 15.2 Å². The van der Waals surface area contributed by atoms with E-state index in [0.29, 0.717) is 18.8 Å². The molecule has 3 rings (SSSR count). The number of rotatable bonds is 4. The Labute approximate surface area is 148 Å². The number of carbonyl (C=O) groups is 2. The number of benzene rings is 1. The predicted octanol–water partition coefficient (Wildman–Crippen LogP) is 2.72. The highest BCUT2D eigenvalue weighted by Gasteiger charge is 2.32. The molecule has 0 unspecified atom stereocenters. The lowest BCUT2D eigenvalue weighted by Gasteiger charge is -2.38. The molecule has 2 N–H and O–H groups in total. The van der Waals surface area contributed by atoms with Crippen molar-refractivity contribution in [1.29, 1.82) is 0 Å². The van der Waals surface area contributed by atoms with Crippen LogP contribution in [0.5, 0.6) is 5.75 Å². The van der Waals surface area contributed by atoms with Gasteiger partial charge >= 0.3 is 12.2 Å². The van der Waals surface area contributed by atoms with Gasteiger partial charge in [-0.3, -0.25) is 0 Å².